The van der Waals surface area contributed by atoms with Crippen molar-refractivity contribution in [1.29, 1.82) is 0 Å². The minimum atomic E-state index is -0.402. The topological polar surface area (TPSA) is 37.4 Å². The fourth-order valence-electron chi connectivity index (χ4n) is 2.17. The number of imide groups is 1. The summed E-state index contributed by atoms with van der Waals surface area (Å²) >= 11 is 12.8. The highest BCUT2D eigenvalue weighted by atomic mass is 35.5. The van der Waals surface area contributed by atoms with Crippen molar-refractivity contribution in [3.8, 4) is 0 Å². The zero-order chi connectivity index (χ0) is 17.3. The molecule has 1 heterocycles. The summed E-state index contributed by atoms with van der Waals surface area (Å²) in [5.74, 6) is -0.773. The Morgan fingerprint density at radius 3 is 2.46 bits per heavy atom. The van der Waals surface area contributed by atoms with Crippen LogP contribution < -0.4 is 0 Å². The van der Waals surface area contributed by atoms with Crippen LogP contribution in [0.3, 0.4) is 0 Å². The van der Waals surface area contributed by atoms with Gasteiger partial charge in [0.25, 0.3) is 11.1 Å². The van der Waals surface area contributed by atoms with Crippen molar-refractivity contribution in [2.45, 2.75) is 6.54 Å². The first-order chi connectivity index (χ1) is 11.4. The van der Waals surface area contributed by atoms with Gasteiger partial charge in [-0.25, -0.2) is 4.39 Å². The molecule has 7 heteroatoms. The first-order valence-corrected chi connectivity index (χ1v) is 8.46. The van der Waals surface area contributed by atoms with Crippen LogP contribution in [0.5, 0.6) is 0 Å². The molecule has 0 N–H and O–H groups in total. The molecule has 1 aliphatic rings. The van der Waals surface area contributed by atoms with Crippen molar-refractivity contribution in [2.75, 3.05) is 0 Å². The second-order valence-corrected chi connectivity index (χ2v) is 6.90. The lowest BCUT2D eigenvalue weighted by Gasteiger charge is -2.12. The van der Waals surface area contributed by atoms with E-state index in [0.717, 1.165) is 16.7 Å². The number of rotatable bonds is 3. The van der Waals surface area contributed by atoms with Crippen molar-refractivity contribution in [2.24, 2.45) is 0 Å². The third-order valence-electron chi connectivity index (χ3n) is 3.38. The standard InChI is InChI=1S/C17H10Cl2FNO2S/c18-12-4-3-11(14(19)8-12)7-15-16(22)21(17(23)24-15)9-10-1-5-13(20)6-2-10/h1-8H,9H2/b15-7+. The van der Waals surface area contributed by atoms with Gasteiger partial charge in [-0.2, -0.15) is 0 Å². The average Bonchev–Trinajstić information content (AvgIpc) is 2.80. The molecular weight excluding hydrogens is 372 g/mol. The molecule has 24 heavy (non-hydrogen) atoms. The molecule has 0 saturated carbocycles. The molecular formula is C17H10Cl2FNO2S. The summed E-state index contributed by atoms with van der Waals surface area (Å²) in [4.78, 5) is 25.9. The molecule has 0 aromatic heterocycles. The lowest BCUT2D eigenvalue weighted by Crippen LogP contribution is -2.27. The quantitative estimate of drug-likeness (QED) is 0.670. The van der Waals surface area contributed by atoms with E-state index in [4.69, 9.17) is 23.2 Å². The van der Waals surface area contributed by atoms with Crippen molar-refractivity contribution in [3.63, 3.8) is 0 Å². The minimum absolute atomic E-state index is 0.0939. The minimum Gasteiger partial charge on any atom is -0.268 e. The van der Waals surface area contributed by atoms with Crippen LogP contribution in [0.4, 0.5) is 9.18 Å². The lowest BCUT2D eigenvalue weighted by atomic mass is 10.2. The Labute approximate surface area is 152 Å². The third kappa shape index (κ3) is 3.64. The molecule has 0 radical (unpaired) electrons. The third-order valence-corrected chi connectivity index (χ3v) is 4.85. The summed E-state index contributed by atoms with van der Waals surface area (Å²) in [7, 11) is 0. The van der Waals surface area contributed by atoms with Crippen LogP contribution in [-0.4, -0.2) is 16.0 Å². The highest BCUT2D eigenvalue weighted by molar-refractivity contribution is 8.18. The zero-order valence-corrected chi connectivity index (χ0v) is 14.5. The predicted octanol–water partition coefficient (Wildman–Crippen LogP) is 5.37. The van der Waals surface area contributed by atoms with E-state index in [1.807, 2.05) is 0 Å². The molecule has 3 rings (SSSR count). The van der Waals surface area contributed by atoms with Crippen LogP contribution in [-0.2, 0) is 11.3 Å². The molecule has 0 bridgehead atoms. The highest BCUT2D eigenvalue weighted by Gasteiger charge is 2.35. The number of halogens is 3. The van der Waals surface area contributed by atoms with Gasteiger partial charge in [0.05, 0.1) is 11.4 Å². The number of nitrogens with zero attached hydrogens (tertiary/aromatic N) is 1. The van der Waals surface area contributed by atoms with E-state index in [9.17, 15) is 14.0 Å². The van der Waals surface area contributed by atoms with E-state index in [1.165, 1.54) is 12.1 Å². The molecule has 1 saturated heterocycles. The number of carbonyl (C=O) groups is 2. The van der Waals surface area contributed by atoms with Crippen LogP contribution in [0.1, 0.15) is 11.1 Å². The first-order valence-electron chi connectivity index (χ1n) is 6.89. The maximum Gasteiger partial charge on any atom is 0.293 e. The normalized spacial score (nSPS) is 16.3. The fourth-order valence-corrected chi connectivity index (χ4v) is 3.46. The van der Waals surface area contributed by atoms with Crippen molar-refractivity contribution in [3.05, 3.63) is 74.4 Å². The molecule has 0 spiro atoms. The van der Waals surface area contributed by atoms with E-state index < -0.39 is 5.91 Å². The largest absolute Gasteiger partial charge is 0.293 e. The van der Waals surface area contributed by atoms with Gasteiger partial charge in [0.2, 0.25) is 0 Å². The van der Waals surface area contributed by atoms with Gasteiger partial charge in [-0.05, 0) is 53.2 Å². The van der Waals surface area contributed by atoms with Gasteiger partial charge >= 0.3 is 0 Å². The van der Waals surface area contributed by atoms with Crippen LogP contribution in [0.2, 0.25) is 10.0 Å². The number of carbonyl (C=O) groups excluding carboxylic acids is 2. The van der Waals surface area contributed by atoms with Crippen LogP contribution in [0, 0.1) is 5.82 Å². The Morgan fingerprint density at radius 2 is 1.79 bits per heavy atom. The second-order valence-electron chi connectivity index (χ2n) is 5.06. The number of benzene rings is 2. The maximum atomic E-state index is 12.9. The molecule has 122 valence electrons. The molecule has 0 atom stereocenters. The monoisotopic (exact) mass is 381 g/mol. The van der Waals surface area contributed by atoms with Crippen LogP contribution in [0.25, 0.3) is 6.08 Å². The smallest absolute Gasteiger partial charge is 0.268 e. The Kier molecular flexibility index (Phi) is 4.94. The maximum absolute atomic E-state index is 12.9. The van der Waals surface area contributed by atoms with Crippen LogP contribution >= 0.6 is 35.0 Å². The number of hydrogen-bond donors (Lipinski definition) is 0. The van der Waals surface area contributed by atoms with Gasteiger partial charge < -0.3 is 0 Å². The lowest BCUT2D eigenvalue weighted by molar-refractivity contribution is -0.123. The summed E-state index contributed by atoms with van der Waals surface area (Å²) in [5, 5.41) is 0.509. The van der Waals surface area contributed by atoms with Crippen molar-refractivity contribution >= 4 is 52.2 Å². The van der Waals surface area contributed by atoms with E-state index in [2.05, 4.69) is 0 Å². The van der Waals surface area contributed by atoms with Gasteiger partial charge in [-0.1, -0.05) is 41.4 Å². The summed E-state index contributed by atoms with van der Waals surface area (Å²) in [6.07, 6.45) is 1.56. The molecule has 2 aromatic carbocycles. The van der Waals surface area contributed by atoms with Gasteiger partial charge in [-0.3, -0.25) is 14.5 Å². The van der Waals surface area contributed by atoms with Gasteiger partial charge in [0.15, 0.2) is 0 Å². The highest BCUT2D eigenvalue weighted by Crippen LogP contribution is 2.34. The fraction of sp³-hybridized carbons (Fsp3) is 0.0588. The molecule has 0 unspecified atom stereocenters. The summed E-state index contributed by atoms with van der Waals surface area (Å²) in [5.41, 5.74) is 1.28. The van der Waals surface area contributed by atoms with Crippen molar-refractivity contribution < 1.29 is 14.0 Å². The Balaban J connectivity index is 1.83. The molecule has 2 aromatic rings. The van der Waals surface area contributed by atoms with Crippen molar-refractivity contribution in [1.82, 2.24) is 4.90 Å². The number of amides is 2. The Hall–Kier alpha value is -1.82. The zero-order valence-electron chi connectivity index (χ0n) is 12.1. The Morgan fingerprint density at radius 1 is 1.08 bits per heavy atom. The molecule has 1 fully saturated rings. The SMILES string of the molecule is O=C1S/C(=C/c2ccc(Cl)cc2Cl)C(=O)N1Cc1ccc(F)cc1. The van der Waals surface area contributed by atoms with Gasteiger partial charge in [-0.15, -0.1) is 0 Å². The summed E-state index contributed by atoms with van der Waals surface area (Å²) in [6.45, 7) is 0.0939. The van der Waals surface area contributed by atoms with E-state index in [1.54, 1.807) is 36.4 Å². The Bertz CT molecular complexity index is 852. The first kappa shape index (κ1) is 17.0. The molecule has 1 aliphatic heterocycles. The molecule has 2 amide bonds. The second kappa shape index (κ2) is 6.97. The average molecular weight is 382 g/mol. The summed E-state index contributed by atoms with van der Waals surface area (Å²) < 4.78 is 12.9. The number of thioether (sulfide) groups is 1. The summed E-state index contributed by atoms with van der Waals surface area (Å²) in [6, 6.07) is 10.6. The molecule has 0 aliphatic carbocycles. The van der Waals surface area contributed by atoms with Crippen LogP contribution in [0.15, 0.2) is 47.4 Å². The number of hydrogen-bond acceptors (Lipinski definition) is 3. The predicted molar refractivity (Wildman–Crippen MR) is 94.4 cm³/mol. The van der Waals surface area contributed by atoms with Gasteiger partial charge in [0.1, 0.15) is 5.82 Å². The molecule has 3 nitrogen and oxygen atoms in total. The van der Waals surface area contributed by atoms with E-state index >= 15 is 0 Å². The van der Waals surface area contributed by atoms with E-state index in [-0.39, 0.29) is 22.5 Å². The van der Waals surface area contributed by atoms with E-state index in [0.29, 0.717) is 21.2 Å². The van der Waals surface area contributed by atoms with Gasteiger partial charge in [0, 0.05) is 10.0 Å².